The summed E-state index contributed by atoms with van der Waals surface area (Å²) in [7, 11) is 0. The zero-order valence-electron chi connectivity index (χ0n) is 6.89. The Morgan fingerprint density at radius 1 is 1.57 bits per heavy atom. The number of halogens is 3. The molecule has 75 valence electrons. The summed E-state index contributed by atoms with van der Waals surface area (Å²) in [4.78, 5) is 10.00. The molecule has 0 aromatic carbocycles. The van der Waals surface area contributed by atoms with Gasteiger partial charge in [0.2, 0.25) is 0 Å². The largest absolute Gasteiger partial charge is 0.432 e. The van der Waals surface area contributed by atoms with Crippen LogP contribution in [0.3, 0.4) is 0 Å². The van der Waals surface area contributed by atoms with E-state index in [9.17, 15) is 18.0 Å². The summed E-state index contributed by atoms with van der Waals surface area (Å²) in [6.45, 7) is 2.77. The minimum Gasteiger partial charge on any atom is -0.283 e. The second-order valence-electron chi connectivity index (χ2n) is 2.43. The lowest BCUT2D eigenvalue weighted by molar-refractivity contribution is -0.143. The Kier molecular flexibility index (Phi) is 2.71. The molecule has 1 aromatic rings. The van der Waals surface area contributed by atoms with Crippen molar-refractivity contribution >= 4 is 11.3 Å². The maximum Gasteiger partial charge on any atom is 0.432 e. The van der Waals surface area contributed by atoms with Gasteiger partial charge in [0.25, 0.3) is 0 Å². The fourth-order valence-corrected chi connectivity index (χ4v) is 1.80. The summed E-state index contributed by atoms with van der Waals surface area (Å²) >= 11 is 0.443. The van der Waals surface area contributed by atoms with Crippen molar-refractivity contribution in [2.75, 3.05) is 0 Å². The van der Waals surface area contributed by atoms with Gasteiger partial charge >= 0.3 is 11.0 Å². The van der Waals surface area contributed by atoms with Crippen LogP contribution >= 0.6 is 11.3 Å². The van der Waals surface area contributed by atoms with E-state index in [1.807, 2.05) is 5.92 Å². The molecule has 0 saturated carbocycles. The van der Waals surface area contributed by atoms with Crippen molar-refractivity contribution in [1.82, 2.24) is 4.57 Å². The minimum absolute atomic E-state index is 0.308. The highest BCUT2D eigenvalue weighted by atomic mass is 32.1. The molecule has 14 heavy (non-hydrogen) atoms. The van der Waals surface area contributed by atoms with Gasteiger partial charge < -0.3 is 0 Å². The lowest BCUT2D eigenvalue weighted by Gasteiger charge is -2.08. The molecule has 0 N–H and O–H groups in total. The number of aromatic nitrogens is 1. The molecule has 0 fully saturated rings. The SMILES string of the molecule is C#CCn1c(C(F)(F)F)c([CH2])sc1=O. The molecule has 1 aromatic heterocycles. The van der Waals surface area contributed by atoms with Crippen LogP contribution in [0, 0.1) is 19.3 Å². The van der Waals surface area contributed by atoms with E-state index in [2.05, 4.69) is 6.92 Å². The maximum atomic E-state index is 12.4. The first kappa shape index (κ1) is 10.9. The van der Waals surface area contributed by atoms with E-state index in [4.69, 9.17) is 6.42 Å². The Labute approximate surface area is 82.0 Å². The Morgan fingerprint density at radius 2 is 2.14 bits per heavy atom. The highest BCUT2D eigenvalue weighted by Crippen LogP contribution is 2.32. The number of rotatable bonds is 1. The number of hydrogen-bond donors (Lipinski definition) is 0. The van der Waals surface area contributed by atoms with Gasteiger partial charge in [0.05, 0.1) is 6.54 Å². The van der Waals surface area contributed by atoms with E-state index in [-0.39, 0.29) is 11.4 Å². The number of hydrogen-bond acceptors (Lipinski definition) is 2. The second-order valence-corrected chi connectivity index (χ2v) is 3.47. The molecule has 0 atom stereocenters. The van der Waals surface area contributed by atoms with Gasteiger partial charge in [0.1, 0.15) is 5.69 Å². The summed E-state index contributed by atoms with van der Waals surface area (Å²) in [5, 5.41) is 0. The normalized spacial score (nSPS) is 11.4. The molecule has 2 nitrogen and oxygen atoms in total. The molecule has 0 aliphatic carbocycles. The van der Waals surface area contributed by atoms with Crippen molar-refractivity contribution in [2.24, 2.45) is 0 Å². The van der Waals surface area contributed by atoms with Crippen LogP contribution in [0.25, 0.3) is 0 Å². The van der Waals surface area contributed by atoms with Gasteiger partial charge in [-0.25, -0.2) is 0 Å². The molecule has 0 amide bonds. The molecule has 0 aliphatic heterocycles. The lowest BCUT2D eigenvalue weighted by Crippen LogP contribution is -2.21. The van der Waals surface area contributed by atoms with Crippen molar-refractivity contribution in [1.29, 1.82) is 0 Å². The van der Waals surface area contributed by atoms with Crippen molar-refractivity contribution in [2.45, 2.75) is 12.7 Å². The van der Waals surface area contributed by atoms with Crippen LogP contribution < -0.4 is 4.87 Å². The summed E-state index contributed by atoms with van der Waals surface area (Å²) in [6.07, 6.45) is 0.268. The van der Waals surface area contributed by atoms with E-state index >= 15 is 0 Å². The van der Waals surface area contributed by atoms with Gasteiger partial charge in [0, 0.05) is 4.88 Å². The predicted molar refractivity (Wildman–Crippen MR) is 46.9 cm³/mol. The van der Waals surface area contributed by atoms with Crippen LogP contribution in [0.4, 0.5) is 13.2 Å². The number of alkyl halides is 3. The molecule has 1 heterocycles. The number of terminal acetylenes is 1. The fraction of sp³-hybridized carbons (Fsp3) is 0.250. The van der Waals surface area contributed by atoms with E-state index in [0.717, 1.165) is 0 Å². The third-order valence-corrected chi connectivity index (χ3v) is 2.32. The molecular weight excluding hydrogens is 215 g/mol. The summed E-state index contributed by atoms with van der Waals surface area (Å²) in [5.74, 6) is 1.99. The van der Waals surface area contributed by atoms with Gasteiger partial charge in [0.15, 0.2) is 0 Å². The van der Waals surface area contributed by atoms with Gasteiger partial charge in [-0.1, -0.05) is 17.3 Å². The van der Waals surface area contributed by atoms with E-state index in [1.165, 1.54) is 0 Å². The van der Waals surface area contributed by atoms with Crippen LogP contribution in [0.5, 0.6) is 0 Å². The first-order valence-electron chi connectivity index (χ1n) is 3.44. The Bertz CT molecular complexity index is 435. The molecule has 6 heteroatoms. The molecular formula is C8H5F3NOS. The highest BCUT2D eigenvalue weighted by Gasteiger charge is 2.37. The second kappa shape index (κ2) is 3.50. The first-order valence-corrected chi connectivity index (χ1v) is 4.26. The van der Waals surface area contributed by atoms with E-state index < -0.39 is 16.7 Å². The van der Waals surface area contributed by atoms with Crippen LogP contribution in [0.2, 0.25) is 0 Å². The standard InChI is InChI=1S/C8H5F3NOS/c1-3-4-12-6(8(9,10)11)5(2)14-7(12)13/h1H,2,4H2. The smallest absolute Gasteiger partial charge is 0.283 e. The highest BCUT2D eigenvalue weighted by molar-refractivity contribution is 7.09. The Balaban J connectivity index is 3.42. The van der Waals surface area contributed by atoms with E-state index in [0.29, 0.717) is 15.9 Å². The fourth-order valence-electron chi connectivity index (χ4n) is 0.997. The molecule has 0 spiro atoms. The molecule has 0 unspecified atom stereocenters. The zero-order valence-corrected chi connectivity index (χ0v) is 7.71. The van der Waals surface area contributed by atoms with Crippen LogP contribution in [0.15, 0.2) is 4.79 Å². The van der Waals surface area contributed by atoms with Gasteiger partial charge in [-0.2, -0.15) is 13.2 Å². The van der Waals surface area contributed by atoms with Crippen LogP contribution in [-0.4, -0.2) is 4.57 Å². The third-order valence-electron chi connectivity index (χ3n) is 1.48. The van der Waals surface area contributed by atoms with Crippen molar-refractivity contribution < 1.29 is 13.2 Å². The zero-order chi connectivity index (χ0) is 10.9. The number of nitrogens with zero attached hydrogens (tertiary/aromatic N) is 1. The van der Waals surface area contributed by atoms with Crippen LogP contribution in [0.1, 0.15) is 10.6 Å². The quantitative estimate of drug-likeness (QED) is 0.661. The summed E-state index contributed by atoms with van der Waals surface area (Å²) < 4.78 is 37.7. The topological polar surface area (TPSA) is 22.0 Å². The molecule has 0 aliphatic rings. The molecule has 1 rings (SSSR count). The van der Waals surface area contributed by atoms with Gasteiger partial charge in [-0.05, 0) is 6.92 Å². The molecule has 1 radical (unpaired) electrons. The average Bonchev–Trinajstić information content (AvgIpc) is 2.26. The maximum absolute atomic E-state index is 12.4. The Morgan fingerprint density at radius 3 is 2.57 bits per heavy atom. The Hall–Kier alpha value is -1.22. The molecule has 0 saturated heterocycles. The van der Waals surface area contributed by atoms with Gasteiger partial charge in [-0.3, -0.25) is 9.36 Å². The number of thiazole rings is 1. The first-order chi connectivity index (χ1) is 6.38. The molecule has 0 bridgehead atoms. The summed E-state index contributed by atoms with van der Waals surface area (Å²) in [5.41, 5.74) is -1.05. The minimum atomic E-state index is -4.59. The van der Waals surface area contributed by atoms with Gasteiger partial charge in [-0.15, -0.1) is 6.42 Å². The predicted octanol–water partition coefficient (Wildman–Crippen LogP) is 1.74. The summed E-state index contributed by atoms with van der Waals surface area (Å²) in [6, 6.07) is 0. The van der Waals surface area contributed by atoms with E-state index in [1.54, 1.807) is 0 Å². The van der Waals surface area contributed by atoms with Crippen molar-refractivity contribution in [3.63, 3.8) is 0 Å². The van der Waals surface area contributed by atoms with Crippen LogP contribution in [-0.2, 0) is 12.7 Å². The monoisotopic (exact) mass is 220 g/mol. The van der Waals surface area contributed by atoms with Crippen molar-refractivity contribution in [3.8, 4) is 12.3 Å². The lowest BCUT2D eigenvalue weighted by atomic mass is 10.3. The van der Waals surface area contributed by atoms with Crippen molar-refractivity contribution in [3.05, 3.63) is 27.2 Å². The third kappa shape index (κ3) is 1.82. The average molecular weight is 220 g/mol.